The second-order valence-corrected chi connectivity index (χ2v) is 7.56. The van der Waals surface area contributed by atoms with Gasteiger partial charge in [0.05, 0.1) is 6.10 Å². The first kappa shape index (κ1) is 13.9. The molecular weight excluding hydrogens is 234 g/mol. The van der Waals surface area contributed by atoms with E-state index in [2.05, 4.69) is 0 Å². The molecule has 3 rings (SSSR count). The maximum Gasteiger partial charge on any atom is 0.0597 e. The molecule has 3 aliphatic carbocycles. The van der Waals surface area contributed by atoms with Gasteiger partial charge in [0.2, 0.25) is 0 Å². The normalized spacial score (nSPS) is 45.5. The SMILES string of the molecule is NC1CCCC(C(O)C2CCC3CCCCC3C2)C1. The molecule has 0 spiro atoms. The highest BCUT2D eigenvalue weighted by Crippen LogP contribution is 2.45. The Labute approximate surface area is 118 Å². The van der Waals surface area contributed by atoms with Crippen molar-refractivity contribution >= 4 is 0 Å². The zero-order valence-corrected chi connectivity index (χ0v) is 12.3. The maximum atomic E-state index is 10.8. The van der Waals surface area contributed by atoms with E-state index >= 15 is 0 Å². The number of nitrogens with two attached hydrogens (primary N) is 1. The van der Waals surface area contributed by atoms with E-state index < -0.39 is 0 Å². The second kappa shape index (κ2) is 6.13. The first-order valence-electron chi connectivity index (χ1n) is 8.67. The number of aliphatic hydroxyl groups excluding tert-OH is 1. The van der Waals surface area contributed by atoms with Gasteiger partial charge < -0.3 is 10.8 Å². The summed E-state index contributed by atoms with van der Waals surface area (Å²) in [6, 6.07) is 0.347. The second-order valence-electron chi connectivity index (χ2n) is 7.56. The molecule has 3 saturated carbocycles. The van der Waals surface area contributed by atoms with Gasteiger partial charge in [-0.1, -0.05) is 32.1 Å². The van der Waals surface area contributed by atoms with Crippen LogP contribution >= 0.6 is 0 Å². The highest BCUT2D eigenvalue weighted by Gasteiger charge is 2.38. The number of aliphatic hydroxyl groups is 1. The lowest BCUT2D eigenvalue weighted by Crippen LogP contribution is -2.40. The van der Waals surface area contributed by atoms with Crippen LogP contribution in [0, 0.1) is 23.7 Å². The zero-order chi connectivity index (χ0) is 13.2. The summed E-state index contributed by atoms with van der Waals surface area (Å²) in [6.07, 6.45) is 14.3. The van der Waals surface area contributed by atoms with Crippen molar-refractivity contribution in [1.29, 1.82) is 0 Å². The Hall–Kier alpha value is -0.0800. The Morgan fingerprint density at radius 2 is 1.47 bits per heavy atom. The standard InChI is InChI=1S/C17H31NO/c18-16-7-3-6-14(11-16)17(19)15-9-8-12-4-1-2-5-13(12)10-15/h12-17,19H,1-11,18H2. The molecule has 19 heavy (non-hydrogen) atoms. The predicted molar refractivity (Wildman–Crippen MR) is 78.7 cm³/mol. The molecule has 0 heterocycles. The van der Waals surface area contributed by atoms with Crippen LogP contribution in [-0.4, -0.2) is 17.3 Å². The number of fused-ring (bicyclic) bond motifs is 1. The summed E-state index contributed by atoms with van der Waals surface area (Å²) in [6.45, 7) is 0. The summed E-state index contributed by atoms with van der Waals surface area (Å²) in [5.74, 6) is 2.99. The van der Waals surface area contributed by atoms with Crippen LogP contribution in [-0.2, 0) is 0 Å². The Balaban J connectivity index is 1.56. The molecule has 110 valence electrons. The van der Waals surface area contributed by atoms with Crippen LogP contribution in [0.2, 0.25) is 0 Å². The number of hydrogen-bond acceptors (Lipinski definition) is 2. The van der Waals surface area contributed by atoms with Gasteiger partial charge in [0.15, 0.2) is 0 Å². The van der Waals surface area contributed by atoms with E-state index in [4.69, 9.17) is 5.73 Å². The molecule has 0 aromatic carbocycles. The third kappa shape index (κ3) is 3.16. The Kier molecular flexibility index (Phi) is 4.48. The van der Waals surface area contributed by atoms with Crippen molar-refractivity contribution in [3.05, 3.63) is 0 Å². The molecule has 3 aliphatic rings. The van der Waals surface area contributed by atoms with Gasteiger partial charge >= 0.3 is 0 Å². The van der Waals surface area contributed by atoms with Crippen LogP contribution < -0.4 is 5.73 Å². The molecular formula is C17H31NO. The summed E-state index contributed by atoms with van der Waals surface area (Å²) in [7, 11) is 0. The molecule has 2 nitrogen and oxygen atoms in total. The average Bonchev–Trinajstić information content (AvgIpc) is 2.46. The summed E-state index contributed by atoms with van der Waals surface area (Å²) in [5.41, 5.74) is 6.09. The van der Waals surface area contributed by atoms with Gasteiger partial charge in [-0.25, -0.2) is 0 Å². The smallest absolute Gasteiger partial charge is 0.0597 e. The Morgan fingerprint density at radius 3 is 2.26 bits per heavy atom. The fraction of sp³-hybridized carbons (Fsp3) is 1.00. The predicted octanol–water partition coefficient (Wildman–Crippen LogP) is 3.47. The minimum absolute atomic E-state index is 0.0609. The highest BCUT2D eigenvalue weighted by molar-refractivity contribution is 4.89. The molecule has 0 saturated heterocycles. The molecule has 6 atom stereocenters. The summed E-state index contributed by atoms with van der Waals surface area (Å²) >= 11 is 0. The molecule has 0 aliphatic heterocycles. The van der Waals surface area contributed by atoms with E-state index in [9.17, 15) is 5.11 Å². The van der Waals surface area contributed by atoms with Gasteiger partial charge in [0.1, 0.15) is 0 Å². The molecule has 2 heteroatoms. The number of rotatable bonds is 2. The largest absolute Gasteiger partial charge is 0.393 e. The van der Waals surface area contributed by atoms with Crippen LogP contribution in [0.1, 0.15) is 70.6 Å². The monoisotopic (exact) mass is 265 g/mol. The first-order chi connectivity index (χ1) is 9.24. The van der Waals surface area contributed by atoms with E-state index in [0.29, 0.717) is 17.9 Å². The third-order valence-corrected chi connectivity index (χ3v) is 6.30. The summed E-state index contributed by atoms with van der Waals surface area (Å²) in [5, 5.41) is 10.8. The van der Waals surface area contributed by atoms with E-state index in [1.165, 1.54) is 64.2 Å². The van der Waals surface area contributed by atoms with Gasteiger partial charge in [-0.05, 0) is 62.2 Å². The fourth-order valence-electron chi connectivity index (χ4n) is 5.18. The van der Waals surface area contributed by atoms with Gasteiger partial charge in [-0.3, -0.25) is 0 Å². The molecule has 0 amide bonds. The minimum Gasteiger partial charge on any atom is -0.393 e. The summed E-state index contributed by atoms with van der Waals surface area (Å²) in [4.78, 5) is 0. The van der Waals surface area contributed by atoms with E-state index in [1.807, 2.05) is 0 Å². The lowest BCUT2D eigenvalue weighted by molar-refractivity contribution is -0.0113. The molecule has 0 aromatic heterocycles. The molecule has 0 bridgehead atoms. The van der Waals surface area contributed by atoms with Gasteiger partial charge in [0, 0.05) is 6.04 Å². The Bertz CT molecular complexity index is 293. The van der Waals surface area contributed by atoms with E-state index in [0.717, 1.165) is 18.3 Å². The van der Waals surface area contributed by atoms with Crippen LogP contribution in [0.3, 0.4) is 0 Å². The molecule has 3 fully saturated rings. The molecule has 0 aromatic rings. The topological polar surface area (TPSA) is 46.2 Å². The minimum atomic E-state index is -0.0609. The van der Waals surface area contributed by atoms with Crippen LogP contribution in [0.15, 0.2) is 0 Å². The highest BCUT2D eigenvalue weighted by atomic mass is 16.3. The van der Waals surface area contributed by atoms with Crippen LogP contribution in [0.4, 0.5) is 0 Å². The fourth-order valence-corrected chi connectivity index (χ4v) is 5.18. The van der Waals surface area contributed by atoms with Gasteiger partial charge in [0.25, 0.3) is 0 Å². The van der Waals surface area contributed by atoms with Crippen molar-refractivity contribution in [3.8, 4) is 0 Å². The van der Waals surface area contributed by atoms with Crippen LogP contribution in [0.5, 0.6) is 0 Å². The quantitative estimate of drug-likeness (QED) is 0.803. The summed E-state index contributed by atoms with van der Waals surface area (Å²) < 4.78 is 0. The van der Waals surface area contributed by atoms with Crippen molar-refractivity contribution in [2.45, 2.75) is 82.8 Å². The lowest BCUT2D eigenvalue weighted by atomic mass is 9.64. The molecule has 0 radical (unpaired) electrons. The third-order valence-electron chi connectivity index (χ3n) is 6.30. The van der Waals surface area contributed by atoms with E-state index in [-0.39, 0.29) is 6.10 Å². The number of hydrogen-bond donors (Lipinski definition) is 2. The molecule has 6 unspecified atom stereocenters. The lowest BCUT2D eigenvalue weighted by Gasteiger charge is -2.43. The van der Waals surface area contributed by atoms with Gasteiger partial charge in [-0.15, -0.1) is 0 Å². The first-order valence-corrected chi connectivity index (χ1v) is 8.67. The van der Waals surface area contributed by atoms with Crippen molar-refractivity contribution in [2.75, 3.05) is 0 Å². The zero-order valence-electron chi connectivity index (χ0n) is 12.3. The molecule has 3 N–H and O–H groups in total. The van der Waals surface area contributed by atoms with Crippen molar-refractivity contribution in [3.63, 3.8) is 0 Å². The Morgan fingerprint density at radius 1 is 0.737 bits per heavy atom. The van der Waals surface area contributed by atoms with Crippen molar-refractivity contribution in [1.82, 2.24) is 0 Å². The van der Waals surface area contributed by atoms with Crippen LogP contribution in [0.25, 0.3) is 0 Å². The van der Waals surface area contributed by atoms with Crippen molar-refractivity contribution < 1.29 is 5.11 Å². The maximum absolute atomic E-state index is 10.8. The van der Waals surface area contributed by atoms with Crippen molar-refractivity contribution in [2.24, 2.45) is 29.4 Å². The van der Waals surface area contributed by atoms with Gasteiger partial charge in [-0.2, -0.15) is 0 Å². The average molecular weight is 265 g/mol. The van der Waals surface area contributed by atoms with E-state index in [1.54, 1.807) is 0 Å².